The van der Waals surface area contributed by atoms with E-state index in [-0.39, 0.29) is 5.41 Å². The van der Waals surface area contributed by atoms with Crippen LogP contribution in [-0.4, -0.2) is 50.8 Å². The fraction of sp³-hybridized carbons (Fsp3) is 0.667. The predicted octanol–water partition coefficient (Wildman–Crippen LogP) is 3.14. The summed E-state index contributed by atoms with van der Waals surface area (Å²) in [5, 5.41) is 0. The van der Waals surface area contributed by atoms with Gasteiger partial charge in [-0.05, 0) is 30.0 Å². The first kappa shape index (κ1) is 16.3. The summed E-state index contributed by atoms with van der Waals surface area (Å²) in [4.78, 5) is 4.99. The first-order valence-electron chi connectivity index (χ1n) is 8.16. The molecule has 1 saturated heterocycles. The van der Waals surface area contributed by atoms with Gasteiger partial charge >= 0.3 is 0 Å². The van der Waals surface area contributed by atoms with Crippen LogP contribution in [0.2, 0.25) is 0 Å². The fourth-order valence-corrected chi connectivity index (χ4v) is 2.74. The normalized spacial score (nSPS) is 17.2. The van der Waals surface area contributed by atoms with Crippen LogP contribution in [0.3, 0.4) is 0 Å². The monoisotopic (exact) mass is 290 g/mol. The van der Waals surface area contributed by atoms with Gasteiger partial charge in [-0.1, -0.05) is 32.9 Å². The molecule has 21 heavy (non-hydrogen) atoms. The minimum atomic E-state index is 0.233. The van der Waals surface area contributed by atoms with E-state index in [0.29, 0.717) is 0 Å². The molecule has 1 aromatic carbocycles. The van der Waals surface area contributed by atoms with Crippen LogP contribution in [0.4, 0.5) is 5.69 Å². The van der Waals surface area contributed by atoms with E-state index < -0.39 is 0 Å². The van der Waals surface area contributed by atoms with Gasteiger partial charge in [0.1, 0.15) is 0 Å². The van der Waals surface area contributed by atoms with Crippen molar-refractivity contribution in [1.29, 1.82) is 0 Å². The number of rotatable bonds is 5. The number of benzene rings is 1. The summed E-state index contributed by atoms with van der Waals surface area (Å²) in [6.07, 6.45) is 0. The van der Waals surface area contributed by atoms with Gasteiger partial charge in [0.2, 0.25) is 0 Å². The van der Waals surface area contributed by atoms with Crippen LogP contribution in [-0.2, 0) is 10.2 Å². The molecule has 1 aromatic rings. The summed E-state index contributed by atoms with van der Waals surface area (Å²) < 4.78 is 5.44. The maximum absolute atomic E-state index is 5.44. The van der Waals surface area contributed by atoms with E-state index in [1.165, 1.54) is 11.3 Å². The molecule has 0 bridgehead atoms. The Morgan fingerprint density at radius 2 is 1.62 bits per heavy atom. The molecular weight excluding hydrogens is 260 g/mol. The van der Waals surface area contributed by atoms with Crippen molar-refractivity contribution in [1.82, 2.24) is 4.90 Å². The number of anilines is 1. The van der Waals surface area contributed by atoms with Crippen LogP contribution >= 0.6 is 0 Å². The number of hydrogen-bond donors (Lipinski definition) is 0. The Morgan fingerprint density at radius 3 is 2.14 bits per heavy atom. The first-order chi connectivity index (χ1) is 10.0. The zero-order valence-electron chi connectivity index (χ0n) is 14.1. The first-order valence-corrected chi connectivity index (χ1v) is 8.16. The number of piperazine rings is 1. The van der Waals surface area contributed by atoms with Gasteiger partial charge in [-0.25, -0.2) is 0 Å². The molecule has 0 saturated carbocycles. The van der Waals surface area contributed by atoms with Crippen LogP contribution in [0, 0.1) is 0 Å². The molecule has 0 radical (unpaired) electrons. The van der Waals surface area contributed by atoms with E-state index in [2.05, 4.69) is 61.8 Å². The Labute approximate surface area is 129 Å². The second-order valence-corrected chi connectivity index (χ2v) is 6.82. The molecule has 0 unspecified atom stereocenters. The molecular formula is C18H30N2O. The van der Waals surface area contributed by atoms with Crippen LogP contribution in [0.15, 0.2) is 24.3 Å². The minimum Gasteiger partial charge on any atom is -0.380 e. The molecule has 1 heterocycles. The van der Waals surface area contributed by atoms with Gasteiger partial charge in [0.25, 0.3) is 0 Å². The van der Waals surface area contributed by atoms with Crippen molar-refractivity contribution in [3.63, 3.8) is 0 Å². The number of ether oxygens (including phenoxy) is 1. The summed E-state index contributed by atoms with van der Waals surface area (Å²) in [7, 11) is 0. The van der Waals surface area contributed by atoms with Gasteiger partial charge in [-0.3, -0.25) is 4.90 Å². The molecule has 0 atom stereocenters. The summed E-state index contributed by atoms with van der Waals surface area (Å²) >= 11 is 0. The lowest BCUT2D eigenvalue weighted by molar-refractivity contribution is 0.111. The highest BCUT2D eigenvalue weighted by Crippen LogP contribution is 2.25. The second-order valence-electron chi connectivity index (χ2n) is 6.82. The average molecular weight is 290 g/mol. The summed E-state index contributed by atoms with van der Waals surface area (Å²) in [5.41, 5.74) is 2.99. The van der Waals surface area contributed by atoms with Gasteiger partial charge in [-0.2, -0.15) is 0 Å². The largest absolute Gasteiger partial charge is 0.380 e. The van der Waals surface area contributed by atoms with Gasteiger partial charge in [0.05, 0.1) is 6.61 Å². The molecule has 2 rings (SSSR count). The third kappa shape index (κ3) is 4.72. The topological polar surface area (TPSA) is 15.7 Å². The smallest absolute Gasteiger partial charge is 0.0593 e. The molecule has 0 N–H and O–H groups in total. The lowest BCUT2D eigenvalue weighted by atomic mass is 9.87. The predicted molar refractivity (Wildman–Crippen MR) is 90.3 cm³/mol. The zero-order chi connectivity index (χ0) is 15.3. The van der Waals surface area contributed by atoms with E-state index in [0.717, 1.165) is 45.9 Å². The standard InChI is InChI=1S/C18H30N2O/c1-5-21-15-14-19-10-12-20(13-11-19)17-8-6-16(7-9-17)18(2,3)4/h6-9H,5,10-15H2,1-4H3. The Balaban J connectivity index is 1.85. The Morgan fingerprint density at radius 1 is 1.00 bits per heavy atom. The van der Waals surface area contributed by atoms with Crippen molar-refractivity contribution >= 4 is 5.69 Å². The molecule has 1 aliphatic heterocycles. The molecule has 3 heteroatoms. The van der Waals surface area contributed by atoms with E-state index in [9.17, 15) is 0 Å². The van der Waals surface area contributed by atoms with Crippen LogP contribution < -0.4 is 4.90 Å². The molecule has 0 aromatic heterocycles. The van der Waals surface area contributed by atoms with Crippen molar-refractivity contribution in [3.8, 4) is 0 Å². The minimum absolute atomic E-state index is 0.233. The maximum Gasteiger partial charge on any atom is 0.0593 e. The van der Waals surface area contributed by atoms with Gasteiger partial charge in [0, 0.05) is 45.0 Å². The third-order valence-electron chi connectivity index (χ3n) is 4.23. The van der Waals surface area contributed by atoms with Crippen molar-refractivity contribution in [3.05, 3.63) is 29.8 Å². The van der Waals surface area contributed by atoms with Gasteiger partial charge in [0.15, 0.2) is 0 Å². The molecule has 0 spiro atoms. The highest BCUT2D eigenvalue weighted by Gasteiger charge is 2.18. The number of hydrogen-bond acceptors (Lipinski definition) is 3. The summed E-state index contributed by atoms with van der Waals surface area (Å²) in [6, 6.07) is 9.10. The van der Waals surface area contributed by atoms with Crippen LogP contribution in [0.1, 0.15) is 33.3 Å². The third-order valence-corrected chi connectivity index (χ3v) is 4.23. The average Bonchev–Trinajstić information content (AvgIpc) is 2.48. The second kappa shape index (κ2) is 7.28. The molecule has 1 fully saturated rings. The van der Waals surface area contributed by atoms with Crippen molar-refractivity contribution < 1.29 is 4.74 Å². The Kier molecular flexibility index (Phi) is 5.65. The maximum atomic E-state index is 5.44. The molecule has 0 amide bonds. The Bertz CT molecular complexity index is 414. The van der Waals surface area contributed by atoms with E-state index in [1.54, 1.807) is 0 Å². The lowest BCUT2D eigenvalue weighted by Gasteiger charge is -2.36. The molecule has 0 aliphatic carbocycles. The zero-order valence-corrected chi connectivity index (χ0v) is 14.1. The van der Waals surface area contributed by atoms with Crippen molar-refractivity contribution in [2.45, 2.75) is 33.1 Å². The van der Waals surface area contributed by atoms with Crippen LogP contribution in [0.5, 0.6) is 0 Å². The Hall–Kier alpha value is -1.06. The quantitative estimate of drug-likeness (QED) is 0.775. The van der Waals surface area contributed by atoms with Gasteiger partial charge in [-0.15, -0.1) is 0 Å². The molecule has 1 aliphatic rings. The lowest BCUT2D eigenvalue weighted by Crippen LogP contribution is -2.47. The van der Waals surface area contributed by atoms with Crippen molar-refractivity contribution in [2.24, 2.45) is 0 Å². The van der Waals surface area contributed by atoms with Crippen LogP contribution in [0.25, 0.3) is 0 Å². The summed E-state index contributed by atoms with van der Waals surface area (Å²) in [5.74, 6) is 0. The van der Waals surface area contributed by atoms with Gasteiger partial charge < -0.3 is 9.64 Å². The van der Waals surface area contributed by atoms with E-state index in [4.69, 9.17) is 4.74 Å². The molecule has 118 valence electrons. The van der Waals surface area contributed by atoms with Crippen molar-refractivity contribution in [2.75, 3.05) is 50.8 Å². The highest BCUT2D eigenvalue weighted by atomic mass is 16.5. The number of nitrogens with zero attached hydrogens (tertiary/aromatic N) is 2. The molecule has 3 nitrogen and oxygen atoms in total. The summed E-state index contributed by atoms with van der Waals surface area (Å²) in [6.45, 7) is 16.1. The highest BCUT2D eigenvalue weighted by molar-refractivity contribution is 5.49. The van der Waals surface area contributed by atoms with E-state index in [1.807, 2.05) is 0 Å². The SMILES string of the molecule is CCOCCN1CCN(c2ccc(C(C)(C)C)cc2)CC1. The van der Waals surface area contributed by atoms with E-state index >= 15 is 0 Å². The fourth-order valence-electron chi connectivity index (χ4n) is 2.74.